The first-order valence-corrected chi connectivity index (χ1v) is 12.9. The Labute approximate surface area is 193 Å². The van der Waals surface area contributed by atoms with Gasteiger partial charge in [0.25, 0.3) is 0 Å². The fourth-order valence-electron chi connectivity index (χ4n) is 6.67. The topological polar surface area (TPSA) is 101 Å². The summed E-state index contributed by atoms with van der Waals surface area (Å²) in [6.45, 7) is 5.80. The normalized spacial score (nSPS) is 40.0. The molecule has 1 aliphatic carbocycles. The predicted molar refractivity (Wildman–Crippen MR) is 122 cm³/mol. The summed E-state index contributed by atoms with van der Waals surface area (Å²) in [5.74, 6) is 0.389. The van der Waals surface area contributed by atoms with Gasteiger partial charge in [0.1, 0.15) is 11.8 Å². The lowest BCUT2D eigenvalue weighted by Gasteiger charge is -2.53. The minimum absolute atomic E-state index is 0.00290. The predicted octanol–water partition coefficient (Wildman–Crippen LogP) is 0.180. The monoisotopic (exact) mass is 450 g/mol. The van der Waals surface area contributed by atoms with Crippen LogP contribution in [0.1, 0.15) is 71.6 Å². The van der Waals surface area contributed by atoms with Gasteiger partial charge in [0.2, 0.25) is 11.8 Å². The van der Waals surface area contributed by atoms with Crippen molar-refractivity contribution in [1.82, 2.24) is 15.5 Å². The Hall–Kier alpha value is -1.22. The largest absolute Gasteiger partial charge is 0.381 e. The van der Waals surface area contributed by atoms with Crippen molar-refractivity contribution < 1.29 is 19.2 Å². The summed E-state index contributed by atoms with van der Waals surface area (Å²) in [5.41, 5.74) is 6.71. The summed E-state index contributed by atoms with van der Waals surface area (Å²) in [6.07, 6.45) is 9.57. The molecule has 8 nitrogen and oxygen atoms in total. The highest BCUT2D eigenvalue weighted by molar-refractivity contribution is 5.83. The summed E-state index contributed by atoms with van der Waals surface area (Å²) >= 11 is 0. The van der Waals surface area contributed by atoms with Crippen LogP contribution in [0.25, 0.3) is 0 Å². The molecule has 3 aliphatic heterocycles. The Bertz CT molecular complexity index is 666. The number of nitrogens with one attached hydrogen (secondary N) is 3. The van der Waals surface area contributed by atoms with Crippen LogP contribution in [0, 0.1) is 17.8 Å². The van der Waals surface area contributed by atoms with Gasteiger partial charge in [0.05, 0.1) is 18.3 Å². The van der Waals surface area contributed by atoms with Crippen molar-refractivity contribution in [3.05, 3.63) is 0 Å². The molecule has 0 aromatic carbocycles. The summed E-state index contributed by atoms with van der Waals surface area (Å²) in [7, 11) is 1.80. The number of rotatable bonds is 6. The minimum Gasteiger partial charge on any atom is -0.381 e. The van der Waals surface area contributed by atoms with Crippen molar-refractivity contribution in [1.29, 1.82) is 0 Å². The Kier molecular flexibility index (Phi) is 7.75. The third-order valence-corrected chi connectivity index (χ3v) is 8.55. The van der Waals surface area contributed by atoms with Gasteiger partial charge < -0.3 is 19.9 Å². The van der Waals surface area contributed by atoms with Gasteiger partial charge in [0.15, 0.2) is 12.3 Å². The van der Waals surface area contributed by atoms with Crippen molar-refractivity contribution >= 4 is 11.8 Å². The van der Waals surface area contributed by atoms with E-state index in [1.807, 2.05) is 4.90 Å². The fourth-order valence-corrected chi connectivity index (χ4v) is 6.67. The molecule has 0 aromatic heterocycles. The van der Waals surface area contributed by atoms with Gasteiger partial charge in [-0.1, -0.05) is 0 Å². The van der Waals surface area contributed by atoms with Crippen LogP contribution in [0.15, 0.2) is 0 Å². The zero-order chi connectivity index (χ0) is 22.8. The van der Waals surface area contributed by atoms with Crippen molar-refractivity contribution in [3.8, 4) is 0 Å². The summed E-state index contributed by atoms with van der Waals surface area (Å²) in [6, 6.07) is 0.236. The highest BCUT2D eigenvalue weighted by Gasteiger charge is 2.55. The van der Waals surface area contributed by atoms with E-state index < -0.39 is 0 Å². The lowest BCUT2D eigenvalue weighted by molar-refractivity contribution is -0.983. The van der Waals surface area contributed by atoms with Crippen LogP contribution in [0.5, 0.6) is 0 Å². The molecule has 1 saturated carbocycles. The van der Waals surface area contributed by atoms with Crippen molar-refractivity contribution in [3.63, 3.8) is 0 Å². The molecule has 182 valence electrons. The number of piperidine rings is 2. The standard InChI is InChI=1S/C24H43N5O3/c1-15(2)29-21(25)18(23(30)26-12-11-16-7-9-17(32-3)10-8-16)14-19-22(29)27-20-6-4-5-13-28(20)24(19)31/h15-22,27H,4-14,25H2,1-3H3,(H,26,30)/p+1. The molecule has 2 amide bonds. The SMILES string of the molecule is COC1CCC(CCNC(=O)C2CC3C(=O)N4CCCCC4NC3[NH+](C(C)C)C2N)CC1. The molecule has 3 saturated heterocycles. The molecular weight excluding hydrogens is 406 g/mol. The van der Waals surface area contributed by atoms with Crippen LogP contribution in [0.2, 0.25) is 0 Å². The van der Waals surface area contributed by atoms with Crippen molar-refractivity contribution in [2.45, 2.75) is 102 Å². The van der Waals surface area contributed by atoms with Gasteiger partial charge in [-0.3, -0.25) is 15.3 Å². The highest BCUT2D eigenvalue weighted by Crippen LogP contribution is 2.31. The quantitative estimate of drug-likeness (QED) is 0.463. The van der Waals surface area contributed by atoms with E-state index in [-0.39, 0.29) is 48.2 Å². The molecule has 4 rings (SSSR count). The lowest BCUT2D eigenvalue weighted by Crippen LogP contribution is -3.28. The van der Waals surface area contributed by atoms with Gasteiger partial charge in [-0.25, -0.2) is 5.32 Å². The maximum atomic E-state index is 13.4. The number of hydrogen-bond acceptors (Lipinski definition) is 5. The molecule has 6 unspecified atom stereocenters. The first kappa shape index (κ1) is 23.9. The number of nitrogens with zero attached hydrogens (tertiary/aromatic N) is 1. The second-order valence-electron chi connectivity index (χ2n) is 10.8. The van der Waals surface area contributed by atoms with E-state index in [9.17, 15) is 9.59 Å². The smallest absolute Gasteiger partial charge is 0.234 e. The van der Waals surface area contributed by atoms with Crippen molar-refractivity contribution in [2.75, 3.05) is 20.2 Å². The molecule has 6 atom stereocenters. The molecule has 32 heavy (non-hydrogen) atoms. The number of likely N-dealkylation sites (tertiary alicyclic amines) is 1. The third kappa shape index (κ3) is 4.83. The number of carbonyl (C=O) groups is 2. The fraction of sp³-hybridized carbons (Fsp3) is 0.917. The number of ether oxygens (including phenoxy) is 1. The second kappa shape index (κ2) is 10.4. The van der Waals surface area contributed by atoms with Crippen LogP contribution in [0.3, 0.4) is 0 Å². The maximum Gasteiger partial charge on any atom is 0.234 e. The molecule has 8 heteroatoms. The Balaban J connectivity index is 1.37. The van der Waals surface area contributed by atoms with Crippen LogP contribution in [-0.2, 0) is 14.3 Å². The average molecular weight is 451 g/mol. The van der Waals surface area contributed by atoms with E-state index in [2.05, 4.69) is 24.5 Å². The number of amides is 2. The van der Waals surface area contributed by atoms with Gasteiger partial charge in [-0.05, 0) is 77.6 Å². The first-order chi connectivity index (χ1) is 15.4. The van der Waals surface area contributed by atoms with E-state index in [0.717, 1.165) is 50.0 Å². The number of nitrogens with two attached hydrogens (primary N) is 1. The van der Waals surface area contributed by atoms with Gasteiger partial charge in [-0.15, -0.1) is 0 Å². The molecule has 4 aliphatic rings. The number of fused-ring (bicyclic) bond motifs is 2. The van der Waals surface area contributed by atoms with Gasteiger partial charge >= 0.3 is 0 Å². The molecular formula is C24H44N5O3+. The molecule has 0 aromatic rings. The van der Waals surface area contributed by atoms with Crippen LogP contribution in [0.4, 0.5) is 0 Å². The van der Waals surface area contributed by atoms with Gasteiger partial charge in [0, 0.05) is 20.2 Å². The minimum atomic E-state index is -0.329. The third-order valence-electron chi connectivity index (χ3n) is 8.55. The number of quaternary nitrogens is 1. The Morgan fingerprint density at radius 2 is 2.00 bits per heavy atom. The van der Waals surface area contributed by atoms with E-state index in [4.69, 9.17) is 10.5 Å². The maximum absolute atomic E-state index is 13.4. The lowest BCUT2D eigenvalue weighted by atomic mass is 9.79. The molecule has 0 bridgehead atoms. The zero-order valence-electron chi connectivity index (χ0n) is 20.1. The summed E-state index contributed by atoms with van der Waals surface area (Å²) in [4.78, 5) is 29.8. The number of hydrogen-bond donors (Lipinski definition) is 4. The van der Waals surface area contributed by atoms with E-state index >= 15 is 0 Å². The number of methoxy groups -OCH3 is 1. The molecule has 0 radical (unpaired) electrons. The summed E-state index contributed by atoms with van der Waals surface area (Å²) < 4.78 is 5.47. The molecule has 3 heterocycles. The van der Waals surface area contributed by atoms with Crippen LogP contribution in [-0.4, -0.2) is 67.6 Å². The Morgan fingerprint density at radius 1 is 1.25 bits per heavy atom. The molecule has 5 N–H and O–H groups in total. The molecule has 4 fully saturated rings. The average Bonchev–Trinajstić information content (AvgIpc) is 2.79. The van der Waals surface area contributed by atoms with Crippen LogP contribution >= 0.6 is 0 Å². The van der Waals surface area contributed by atoms with E-state index in [1.54, 1.807) is 7.11 Å². The first-order valence-electron chi connectivity index (χ1n) is 12.9. The number of carbonyl (C=O) groups excluding carboxylic acids is 2. The second-order valence-corrected chi connectivity index (χ2v) is 10.8. The van der Waals surface area contributed by atoms with E-state index in [1.165, 1.54) is 12.8 Å². The van der Waals surface area contributed by atoms with E-state index in [0.29, 0.717) is 25.0 Å². The zero-order valence-corrected chi connectivity index (χ0v) is 20.1. The Morgan fingerprint density at radius 3 is 2.69 bits per heavy atom. The van der Waals surface area contributed by atoms with Crippen molar-refractivity contribution in [2.24, 2.45) is 23.5 Å². The molecule has 0 spiro atoms. The van der Waals surface area contributed by atoms with Crippen LogP contribution < -0.4 is 21.3 Å². The highest BCUT2D eigenvalue weighted by atomic mass is 16.5. The summed E-state index contributed by atoms with van der Waals surface area (Å²) in [5, 5.41) is 6.92. The van der Waals surface area contributed by atoms with Gasteiger partial charge in [-0.2, -0.15) is 0 Å².